The van der Waals surface area contributed by atoms with Gasteiger partial charge in [-0.2, -0.15) is 0 Å². The molecule has 4 heteroatoms. The third kappa shape index (κ3) is 1.71. The van der Waals surface area contributed by atoms with Gasteiger partial charge < -0.3 is 0 Å². The molecule has 0 unspecified atom stereocenters. The third-order valence-electron chi connectivity index (χ3n) is 2.89. The van der Waals surface area contributed by atoms with Crippen LogP contribution in [0.3, 0.4) is 0 Å². The Labute approximate surface area is 108 Å². The molecule has 0 fully saturated rings. The number of aromatic nitrogens is 2. The van der Waals surface area contributed by atoms with Gasteiger partial charge in [-0.15, -0.1) is 5.10 Å². The van der Waals surface area contributed by atoms with Gasteiger partial charge in [0.1, 0.15) is 4.88 Å². The smallest absolute Gasteiger partial charge is 0.207 e. The fourth-order valence-corrected chi connectivity index (χ4v) is 2.60. The van der Waals surface area contributed by atoms with E-state index in [-0.39, 0.29) is 5.78 Å². The zero-order chi connectivity index (χ0) is 12.5. The molecular weight excluding hydrogens is 244 g/mol. The molecule has 0 saturated carbocycles. The summed E-state index contributed by atoms with van der Waals surface area (Å²) in [4.78, 5) is 13.1. The summed E-state index contributed by atoms with van der Waals surface area (Å²) in [6, 6.07) is 13.6. The van der Waals surface area contributed by atoms with E-state index in [9.17, 15) is 4.79 Å². The van der Waals surface area contributed by atoms with Crippen molar-refractivity contribution in [1.82, 2.24) is 9.59 Å². The molecule has 1 heterocycles. The number of hydrogen-bond acceptors (Lipinski definition) is 4. The third-order valence-corrected chi connectivity index (χ3v) is 3.72. The first-order chi connectivity index (χ1) is 8.77. The Kier molecular flexibility index (Phi) is 2.64. The SMILES string of the molecule is Cc1nnsc1C(=O)c1cccc2ccccc12. The predicted octanol–water partition coefficient (Wildman–Crippen LogP) is 3.23. The van der Waals surface area contributed by atoms with E-state index in [1.165, 1.54) is 0 Å². The molecule has 0 saturated heterocycles. The van der Waals surface area contributed by atoms with Crippen LogP contribution in [-0.4, -0.2) is 15.4 Å². The summed E-state index contributed by atoms with van der Waals surface area (Å²) in [5.74, 6) is -0.000648. The molecule has 0 aliphatic heterocycles. The Morgan fingerprint density at radius 1 is 1.11 bits per heavy atom. The maximum absolute atomic E-state index is 12.5. The van der Waals surface area contributed by atoms with Crippen LogP contribution in [0.2, 0.25) is 0 Å². The second-order valence-corrected chi connectivity index (χ2v) is 4.80. The van der Waals surface area contributed by atoms with E-state index in [4.69, 9.17) is 0 Å². The summed E-state index contributed by atoms with van der Waals surface area (Å²) >= 11 is 1.15. The highest BCUT2D eigenvalue weighted by atomic mass is 32.1. The summed E-state index contributed by atoms with van der Waals surface area (Å²) in [6.07, 6.45) is 0. The highest BCUT2D eigenvalue weighted by Gasteiger charge is 2.17. The van der Waals surface area contributed by atoms with Gasteiger partial charge in [0.25, 0.3) is 0 Å². The van der Waals surface area contributed by atoms with Gasteiger partial charge in [-0.3, -0.25) is 4.79 Å². The molecule has 88 valence electrons. The zero-order valence-corrected chi connectivity index (χ0v) is 10.6. The van der Waals surface area contributed by atoms with E-state index >= 15 is 0 Å². The number of aryl methyl sites for hydroxylation is 1. The average Bonchev–Trinajstić information content (AvgIpc) is 2.83. The lowest BCUT2D eigenvalue weighted by atomic mass is 10.0. The van der Waals surface area contributed by atoms with Gasteiger partial charge in [0.15, 0.2) is 0 Å². The highest BCUT2D eigenvalue weighted by molar-refractivity contribution is 7.08. The van der Waals surface area contributed by atoms with E-state index in [1.54, 1.807) is 0 Å². The van der Waals surface area contributed by atoms with Crippen LogP contribution in [0.5, 0.6) is 0 Å². The van der Waals surface area contributed by atoms with Crippen molar-refractivity contribution in [3.05, 3.63) is 58.6 Å². The van der Waals surface area contributed by atoms with Crippen LogP contribution >= 0.6 is 11.5 Å². The Morgan fingerprint density at radius 2 is 1.89 bits per heavy atom. The highest BCUT2D eigenvalue weighted by Crippen LogP contribution is 2.23. The summed E-state index contributed by atoms with van der Waals surface area (Å²) < 4.78 is 3.82. The second-order valence-electron chi connectivity index (χ2n) is 4.04. The number of benzene rings is 2. The Balaban J connectivity index is 2.21. The van der Waals surface area contributed by atoms with Crippen molar-refractivity contribution in [2.45, 2.75) is 6.92 Å². The van der Waals surface area contributed by atoms with Crippen molar-refractivity contribution in [3.63, 3.8) is 0 Å². The molecule has 0 aliphatic carbocycles. The molecule has 0 radical (unpaired) electrons. The van der Waals surface area contributed by atoms with Crippen molar-refractivity contribution < 1.29 is 4.79 Å². The largest absolute Gasteiger partial charge is 0.288 e. The van der Waals surface area contributed by atoms with Crippen LogP contribution in [0, 0.1) is 6.92 Å². The molecule has 3 nitrogen and oxygen atoms in total. The fraction of sp³-hybridized carbons (Fsp3) is 0.0714. The first kappa shape index (κ1) is 11.0. The maximum atomic E-state index is 12.5. The monoisotopic (exact) mass is 254 g/mol. The number of carbonyl (C=O) groups excluding carboxylic acids is 1. The number of ketones is 1. The average molecular weight is 254 g/mol. The van der Waals surface area contributed by atoms with Crippen LogP contribution in [0.4, 0.5) is 0 Å². The quantitative estimate of drug-likeness (QED) is 0.659. The van der Waals surface area contributed by atoms with E-state index in [0.717, 1.165) is 22.3 Å². The number of nitrogens with zero attached hydrogens (tertiary/aromatic N) is 2. The first-order valence-corrected chi connectivity index (χ1v) is 6.36. The first-order valence-electron chi connectivity index (χ1n) is 5.59. The van der Waals surface area contributed by atoms with Crippen molar-refractivity contribution in [3.8, 4) is 0 Å². The van der Waals surface area contributed by atoms with Gasteiger partial charge in [-0.25, -0.2) is 0 Å². The Bertz CT molecular complexity index is 728. The number of fused-ring (bicyclic) bond motifs is 1. The minimum absolute atomic E-state index is 0.000648. The summed E-state index contributed by atoms with van der Waals surface area (Å²) in [5, 5.41) is 5.93. The van der Waals surface area contributed by atoms with Gasteiger partial charge in [-0.1, -0.05) is 47.0 Å². The number of hydrogen-bond donors (Lipinski definition) is 0. The number of rotatable bonds is 2. The van der Waals surface area contributed by atoms with Crippen molar-refractivity contribution in [2.75, 3.05) is 0 Å². The van der Waals surface area contributed by atoms with E-state index in [2.05, 4.69) is 9.59 Å². The molecule has 0 amide bonds. The molecule has 0 bridgehead atoms. The number of carbonyl (C=O) groups is 1. The van der Waals surface area contributed by atoms with Gasteiger partial charge in [0.05, 0.1) is 5.69 Å². The lowest BCUT2D eigenvalue weighted by Gasteiger charge is -2.04. The standard InChI is InChI=1S/C14H10N2OS/c1-9-14(18-16-15-9)13(17)12-8-4-6-10-5-2-3-7-11(10)12/h2-8H,1H3. The fourth-order valence-electron chi connectivity index (χ4n) is 1.99. The summed E-state index contributed by atoms with van der Waals surface area (Å²) in [7, 11) is 0. The van der Waals surface area contributed by atoms with Crippen LogP contribution in [0.25, 0.3) is 10.8 Å². The second kappa shape index (κ2) is 4.31. The van der Waals surface area contributed by atoms with Crippen LogP contribution in [0.15, 0.2) is 42.5 Å². The summed E-state index contributed by atoms with van der Waals surface area (Å²) in [6.45, 7) is 1.81. The van der Waals surface area contributed by atoms with Crippen molar-refractivity contribution >= 4 is 28.1 Å². The normalized spacial score (nSPS) is 10.7. The van der Waals surface area contributed by atoms with Crippen LogP contribution < -0.4 is 0 Å². The molecule has 2 aromatic carbocycles. The van der Waals surface area contributed by atoms with Gasteiger partial charge in [0.2, 0.25) is 5.78 Å². The molecule has 1 aromatic heterocycles. The maximum Gasteiger partial charge on any atom is 0.207 e. The van der Waals surface area contributed by atoms with Gasteiger partial charge in [-0.05, 0) is 29.2 Å². The van der Waals surface area contributed by atoms with Crippen molar-refractivity contribution in [1.29, 1.82) is 0 Å². The van der Waals surface area contributed by atoms with Crippen LogP contribution in [0.1, 0.15) is 20.9 Å². The molecule has 0 spiro atoms. The molecule has 0 atom stereocenters. The molecule has 18 heavy (non-hydrogen) atoms. The van der Waals surface area contributed by atoms with Gasteiger partial charge in [0, 0.05) is 5.56 Å². The molecule has 3 rings (SSSR count). The van der Waals surface area contributed by atoms with Crippen LogP contribution in [-0.2, 0) is 0 Å². The Hall–Kier alpha value is -2.07. The van der Waals surface area contributed by atoms with E-state index < -0.39 is 0 Å². The van der Waals surface area contributed by atoms with E-state index in [1.807, 2.05) is 49.4 Å². The molecule has 0 N–H and O–H groups in total. The molecule has 0 aliphatic rings. The molecule has 3 aromatic rings. The minimum Gasteiger partial charge on any atom is -0.288 e. The molecular formula is C14H10N2OS. The lowest BCUT2D eigenvalue weighted by molar-refractivity contribution is 0.104. The van der Waals surface area contributed by atoms with Crippen molar-refractivity contribution in [2.24, 2.45) is 0 Å². The Morgan fingerprint density at radius 3 is 2.67 bits per heavy atom. The topological polar surface area (TPSA) is 42.9 Å². The van der Waals surface area contributed by atoms with Gasteiger partial charge >= 0.3 is 0 Å². The van der Waals surface area contributed by atoms with E-state index in [0.29, 0.717) is 16.1 Å². The zero-order valence-electron chi connectivity index (χ0n) is 9.75. The lowest BCUT2D eigenvalue weighted by Crippen LogP contribution is -2.01. The minimum atomic E-state index is -0.000648. The predicted molar refractivity (Wildman–Crippen MR) is 72.0 cm³/mol. The summed E-state index contributed by atoms with van der Waals surface area (Å²) in [5.41, 5.74) is 1.40.